The van der Waals surface area contributed by atoms with Gasteiger partial charge in [-0.25, -0.2) is 0 Å². The lowest BCUT2D eigenvalue weighted by molar-refractivity contribution is -0.151. The Morgan fingerprint density at radius 2 is 2.06 bits per heavy atom. The summed E-state index contributed by atoms with van der Waals surface area (Å²) in [5.41, 5.74) is 0. The van der Waals surface area contributed by atoms with Gasteiger partial charge in [0.2, 0.25) is 0 Å². The molecule has 4 rings (SSSR count). The molecule has 0 aromatic rings. The van der Waals surface area contributed by atoms with Crippen LogP contribution in [0.15, 0.2) is 0 Å². The number of rotatable bonds is 1. The van der Waals surface area contributed by atoms with E-state index in [1.165, 1.54) is 25.0 Å². The lowest BCUT2D eigenvalue weighted by atomic mass is 9.56. The Morgan fingerprint density at radius 1 is 1.25 bits per heavy atom. The quantitative estimate of drug-likeness (QED) is 0.656. The van der Waals surface area contributed by atoms with Gasteiger partial charge in [-0.05, 0) is 48.7 Å². The number of carbonyl (C=O) groups is 1. The molecule has 0 radical (unpaired) electrons. The van der Waals surface area contributed by atoms with Crippen LogP contribution in [-0.2, 0) is 9.53 Å². The van der Waals surface area contributed by atoms with Crippen LogP contribution >= 0.6 is 11.8 Å². The molecule has 2 nitrogen and oxygen atoms in total. The van der Waals surface area contributed by atoms with Gasteiger partial charge in [0.25, 0.3) is 0 Å². The fraction of sp³-hybridized carbons (Fsp3) is 0.923. The van der Waals surface area contributed by atoms with Gasteiger partial charge in [0, 0.05) is 18.1 Å². The largest absolute Gasteiger partial charge is 0.461 e. The number of hydrogen-bond donors (Lipinski definition) is 0. The maximum atomic E-state index is 11.2. The summed E-state index contributed by atoms with van der Waals surface area (Å²) in [6.45, 7) is 1.56. The van der Waals surface area contributed by atoms with Crippen LogP contribution in [0.25, 0.3) is 0 Å². The molecule has 0 unspecified atom stereocenters. The summed E-state index contributed by atoms with van der Waals surface area (Å²) in [5, 5.41) is 0.647. The second-order valence-electron chi connectivity index (χ2n) is 6.02. The highest BCUT2D eigenvalue weighted by Crippen LogP contribution is 2.67. The van der Waals surface area contributed by atoms with Crippen LogP contribution in [0.1, 0.15) is 26.2 Å². The third kappa shape index (κ3) is 1.08. The molecule has 1 heterocycles. The van der Waals surface area contributed by atoms with Crippen LogP contribution in [0.5, 0.6) is 0 Å². The Hall–Kier alpha value is -0.180. The first-order valence-corrected chi connectivity index (χ1v) is 7.59. The van der Waals surface area contributed by atoms with Crippen LogP contribution in [0.3, 0.4) is 0 Å². The standard InChI is InChI=1S/C13H18O2S/c1-6(14)15-12-9-4-7-2-3-8-5-16-13(12)11(8)10(7)9/h7-13H,2-5H2,1H3/t7-,8+,9-,10+,11-,12-,13+/m1/s1. The molecule has 7 atom stereocenters. The van der Waals surface area contributed by atoms with Gasteiger partial charge in [0.1, 0.15) is 6.10 Å². The van der Waals surface area contributed by atoms with Crippen molar-refractivity contribution in [2.24, 2.45) is 29.6 Å². The van der Waals surface area contributed by atoms with Crippen molar-refractivity contribution in [2.45, 2.75) is 37.5 Å². The minimum atomic E-state index is -0.0730. The lowest BCUT2D eigenvalue weighted by Crippen LogP contribution is -2.45. The lowest BCUT2D eigenvalue weighted by Gasteiger charge is -2.49. The summed E-state index contributed by atoms with van der Waals surface area (Å²) in [7, 11) is 0. The van der Waals surface area contributed by atoms with Crippen molar-refractivity contribution >= 4 is 17.7 Å². The van der Waals surface area contributed by atoms with Crippen LogP contribution in [0, 0.1) is 29.6 Å². The van der Waals surface area contributed by atoms with E-state index < -0.39 is 0 Å². The van der Waals surface area contributed by atoms with Crippen molar-refractivity contribution in [1.29, 1.82) is 0 Å². The number of thioether (sulfide) groups is 1. The van der Waals surface area contributed by atoms with Crippen molar-refractivity contribution in [2.75, 3.05) is 5.75 Å². The summed E-state index contributed by atoms with van der Waals surface area (Å²) < 4.78 is 5.62. The highest BCUT2D eigenvalue weighted by atomic mass is 32.2. The number of carbonyl (C=O) groups excluding carboxylic acids is 1. The van der Waals surface area contributed by atoms with E-state index in [2.05, 4.69) is 11.8 Å². The summed E-state index contributed by atoms with van der Waals surface area (Å²) in [6.07, 6.45) is 4.48. The van der Waals surface area contributed by atoms with Crippen LogP contribution in [0.2, 0.25) is 0 Å². The van der Waals surface area contributed by atoms with Gasteiger partial charge in [-0.15, -0.1) is 0 Å². The minimum absolute atomic E-state index is 0.0730. The van der Waals surface area contributed by atoms with Crippen molar-refractivity contribution in [3.63, 3.8) is 0 Å². The van der Waals surface area contributed by atoms with E-state index in [1.54, 1.807) is 6.92 Å². The van der Waals surface area contributed by atoms with E-state index in [-0.39, 0.29) is 12.1 Å². The van der Waals surface area contributed by atoms with Gasteiger partial charge in [-0.3, -0.25) is 4.79 Å². The van der Waals surface area contributed by atoms with E-state index >= 15 is 0 Å². The summed E-state index contributed by atoms with van der Waals surface area (Å²) in [6, 6.07) is 0. The molecule has 4 aliphatic rings. The topological polar surface area (TPSA) is 26.3 Å². The SMILES string of the molecule is CC(=O)O[C@@H]1[C@@H]2C[C@H]3CC[C@H]4CS[C@H]1[C@H]4[C@@H]32. The Labute approximate surface area is 100 Å². The minimum Gasteiger partial charge on any atom is -0.461 e. The smallest absolute Gasteiger partial charge is 0.302 e. The molecule has 1 saturated heterocycles. The van der Waals surface area contributed by atoms with Crippen LogP contribution < -0.4 is 0 Å². The van der Waals surface area contributed by atoms with Crippen LogP contribution in [-0.4, -0.2) is 23.1 Å². The predicted octanol–water partition coefficient (Wildman–Crippen LogP) is 2.33. The zero-order valence-corrected chi connectivity index (χ0v) is 10.4. The molecule has 88 valence electrons. The Morgan fingerprint density at radius 3 is 2.88 bits per heavy atom. The van der Waals surface area contributed by atoms with Crippen molar-refractivity contribution in [3.05, 3.63) is 0 Å². The highest BCUT2D eigenvalue weighted by molar-refractivity contribution is 8.00. The number of esters is 1. The molecule has 0 amide bonds. The molecule has 0 N–H and O–H groups in total. The van der Waals surface area contributed by atoms with E-state index in [0.29, 0.717) is 5.25 Å². The fourth-order valence-corrected chi connectivity index (χ4v) is 6.88. The van der Waals surface area contributed by atoms with Crippen molar-refractivity contribution < 1.29 is 9.53 Å². The number of ether oxygens (including phenoxy) is 1. The van der Waals surface area contributed by atoms with Gasteiger partial charge in [-0.1, -0.05) is 0 Å². The molecule has 1 aliphatic heterocycles. The first-order valence-electron chi connectivity index (χ1n) is 6.54. The third-order valence-corrected chi connectivity index (χ3v) is 7.03. The Balaban J connectivity index is 1.65. The molecule has 0 spiro atoms. The second-order valence-corrected chi connectivity index (χ2v) is 7.23. The first-order chi connectivity index (χ1) is 7.75. The van der Waals surface area contributed by atoms with Gasteiger partial charge in [0.05, 0.1) is 0 Å². The molecular weight excluding hydrogens is 220 g/mol. The maximum absolute atomic E-state index is 11.2. The Bertz CT molecular complexity index is 343. The van der Waals surface area contributed by atoms with E-state index in [9.17, 15) is 4.79 Å². The second kappa shape index (κ2) is 3.18. The van der Waals surface area contributed by atoms with Crippen molar-refractivity contribution in [3.8, 4) is 0 Å². The zero-order chi connectivity index (χ0) is 10.9. The average molecular weight is 238 g/mol. The highest BCUT2D eigenvalue weighted by Gasteiger charge is 2.65. The molecule has 3 aliphatic carbocycles. The molecule has 0 aromatic heterocycles. The summed E-state index contributed by atoms with van der Waals surface area (Å²) >= 11 is 2.09. The van der Waals surface area contributed by atoms with Gasteiger partial charge < -0.3 is 4.74 Å². The third-order valence-electron chi connectivity index (χ3n) is 5.44. The molecule has 16 heavy (non-hydrogen) atoms. The van der Waals surface area contributed by atoms with E-state index in [0.717, 1.165) is 29.6 Å². The maximum Gasteiger partial charge on any atom is 0.302 e. The molecule has 3 saturated carbocycles. The summed E-state index contributed by atoms with van der Waals surface area (Å²) in [5.74, 6) is 5.71. The summed E-state index contributed by atoms with van der Waals surface area (Å²) in [4.78, 5) is 11.2. The first kappa shape index (κ1) is 9.81. The van der Waals surface area contributed by atoms with E-state index in [4.69, 9.17) is 4.74 Å². The molecule has 0 aromatic carbocycles. The van der Waals surface area contributed by atoms with Gasteiger partial charge in [-0.2, -0.15) is 11.8 Å². The van der Waals surface area contributed by atoms with Gasteiger partial charge in [0.15, 0.2) is 0 Å². The predicted molar refractivity (Wildman–Crippen MR) is 63.1 cm³/mol. The normalized spacial score (nSPS) is 56.7. The zero-order valence-electron chi connectivity index (χ0n) is 9.59. The Kier molecular flexibility index (Phi) is 1.95. The fourth-order valence-electron chi connectivity index (χ4n) is 4.95. The molecular formula is C13H18O2S. The van der Waals surface area contributed by atoms with Crippen molar-refractivity contribution in [1.82, 2.24) is 0 Å². The van der Waals surface area contributed by atoms with Crippen LogP contribution in [0.4, 0.5) is 0 Å². The monoisotopic (exact) mass is 238 g/mol. The molecule has 3 heteroatoms. The van der Waals surface area contributed by atoms with E-state index in [1.807, 2.05) is 0 Å². The average Bonchev–Trinajstić information content (AvgIpc) is 2.69. The molecule has 4 fully saturated rings. The molecule has 0 bridgehead atoms. The van der Waals surface area contributed by atoms with Gasteiger partial charge >= 0.3 is 5.97 Å². The number of hydrogen-bond acceptors (Lipinski definition) is 3.